The van der Waals surface area contributed by atoms with E-state index in [0.717, 1.165) is 23.4 Å². The number of primary amides is 1. The van der Waals surface area contributed by atoms with Gasteiger partial charge in [0.1, 0.15) is 5.70 Å². The summed E-state index contributed by atoms with van der Waals surface area (Å²) in [5, 5.41) is 10.9. The number of nitrogens with zero attached hydrogens (tertiary/aromatic N) is 1. The number of alkyl halides is 3. The zero-order chi connectivity index (χ0) is 19.6. The van der Waals surface area contributed by atoms with Crippen LogP contribution in [0.5, 0.6) is 0 Å². The van der Waals surface area contributed by atoms with E-state index in [0.29, 0.717) is 17.6 Å². The van der Waals surface area contributed by atoms with Crippen molar-refractivity contribution < 1.29 is 18.0 Å². The van der Waals surface area contributed by atoms with Crippen molar-refractivity contribution in [2.45, 2.75) is 18.4 Å². The number of amides is 1. The molecule has 2 heterocycles. The Labute approximate surface area is 155 Å². The molecule has 2 unspecified atom stereocenters. The molecule has 2 aromatic rings. The predicted octanol–water partition coefficient (Wildman–Crippen LogP) is 3.32. The maximum Gasteiger partial charge on any atom is 0.417 e. The standard InChI is InChI=1S/C18H16F3N4OP/c19-18(20,21)12-5-6-13(24-9-12)7-10-1-3-11(4-2-10)17-25-14(16(23)26)8-15(22)27-17/h1-6,8-9,17,22,25,27H,7H2,(H2,23,26). The molecular formula is C18H16F3N4OP. The minimum Gasteiger partial charge on any atom is -0.370 e. The first-order valence-corrected chi connectivity index (χ1v) is 9.04. The number of carbonyl (C=O) groups is 1. The number of aromatic nitrogens is 1. The lowest BCUT2D eigenvalue weighted by molar-refractivity contribution is -0.137. The van der Waals surface area contributed by atoms with Crippen molar-refractivity contribution in [3.8, 4) is 0 Å². The molecule has 1 aliphatic heterocycles. The van der Waals surface area contributed by atoms with Gasteiger partial charge in [-0.05, 0) is 37.9 Å². The van der Waals surface area contributed by atoms with Crippen LogP contribution in [-0.2, 0) is 17.4 Å². The summed E-state index contributed by atoms with van der Waals surface area (Å²) in [5.74, 6) is -0.817. The van der Waals surface area contributed by atoms with Crippen LogP contribution in [0.3, 0.4) is 0 Å². The molecule has 140 valence electrons. The molecule has 27 heavy (non-hydrogen) atoms. The maximum atomic E-state index is 12.6. The van der Waals surface area contributed by atoms with Crippen molar-refractivity contribution >= 4 is 19.9 Å². The fourth-order valence-corrected chi connectivity index (χ4v) is 3.74. The molecule has 0 saturated heterocycles. The Morgan fingerprint density at radius 1 is 1.22 bits per heavy atom. The Kier molecular flexibility index (Phi) is 5.28. The van der Waals surface area contributed by atoms with Gasteiger partial charge in [-0.15, -0.1) is 0 Å². The third-order valence-corrected chi connectivity index (χ3v) is 5.23. The summed E-state index contributed by atoms with van der Waals surface area (Å²) in [4.78, 5) is 15.2. The number of rotatable bonds is 4. The van der Waals surface area contributed by atoms with Crippen LogP contribution in [0.15, 0.2) is 54.4 Å². The summed E-state index contributed by atoms with van der Waals surface area (Å²) in [5.41, 5.74) is 7.38. The van der Waals surface area contributed by atoms with Crippen LogP contribution in [-0.4, -0.2) is 16.3 Å². The second-order valence-electron chi connectivity index (χ2n) is 6.01. The van der Waals surface area contributed by atoms with Crippen LogP contribution < -0.4 is 11.1 Å². The van der Waals surface area contributed by atoms with Gasteiger partial charge in [0.05, 0.1) is 16.8 Å². The van der Waals surface area contributed by atoms with Crippen molar-refractivity contribution in [1.82, 2.24) is 10.3 Å². The fraction of sp³-hybridized carbons (Fsp3) is 0.167. The molecule has 1 aromatic heterocycles. The van der Waals surface area contributed by atoms with Gasteiger partial charge in [0.25, 0.3) is 5.91 Å². The van der Waals surface area contributed by atoms with Crippen LogP contribution in [0.1, 0.15) is 28.2 Å². The van der Waals surface area contributed by atoms with Crippen molar-refractivity contribution in [3.05, 3.63) is 76.8 Å². The Morgan fingerprint density at radius 3 is 2.48 bits per heavy atom. The van der Waals surface area contributed by atoms with E-state index >= 15 is 0 Å². The average molecular weight is 392 g/mol. The zero-order valence-corrected chi connectivity index (χ0v) is 15.0. The molecule has 9 heteroatoms. The first-order valence-electron chi connectivity index (χ1n) is 7.96. The molecule has 3 rings (SSSR count). The molecule has 0 radical (unpaired) electrons. The summed E-state index contributed by atoms with van der Waals surface area (Å²) in [6, 6.07) is 9.82. The SMILES string of the molecule is N=C1C=C(C(N)=O)NC(c2ccc(Cc3ccc(C(F)(F)F)cn3)cc2)P1. The molecule has 1 amide bonds. The first kappa shape index (κ1) is 19.0. The summed E-state index contributed by atoms with van der Waals surface area (Å²) < 4.78 is 37.7. The molecule has 1 aromatic carbocycles. The molecule has 0 bridgehead atoms. The largest absolute Gasteiger partial charge is 0.417 e. The van der Waals surface area contributed by atoms with E-state index in [1.807, 2.05) is 24.3 Å². The normalized spacial score (nSPS) is 18.1. The number of hydrogen-bond donors (Lipinski definition) is 3. The van der Waals surface area contributed by atoms with E-state index in [1.54, 1.807) is 0 Å². The Morgan fingerprint density at radius 2 is 1.93 bits per heavy atom. The lowest BCUT2D eigenvalue weighted by atomic mass is 10.1. The molecule has 0 fully saturated rings. The second kappa shape index (κ2) is 7.48. The molecule has 2 atom stereocenters. The van der Waals surface area contributed by atoms with Crippen LogP contribution >= 0.6 is 8.58 Å². The van der Waals surface area contributed by atoms with Crippen LogP contribution in [0.4, 0.5) is 13.2 Å². The molecule has 4 N–H and O–H groups in total. The number of allylic oxidation sites excluding steroid dienone is 1. The predicted molar refractivity (Wildman–Crippen MR) is 97.7 cm³/mol. The van der Waals surface area contributed by atoms with Gasteiger partial charge in [0.2, 0.25) is 0 Å². The smallest absolute Gasteiger partial charge is 0.370 e. The fourth-order valence-electron chi connectivity index (χ4n) is 2.62. The van der Waals surface area contributed by atoms with Gasteiger partial charge in [0, 0.05) is 18.3 Å². The number of pyridine rings is 1. The number of hydrogen-bond acceptors (Lipinski definition) is 4. The highest BCUT2D eigenvalue weighted by atomic mass is 31.1. The lowest BCUT2D eigenvalue weighted by Gasteiger charge is -2.25. The highest BCUT2D eigenvalue weighted by molar-refractivity contribution is 7.59. The number of nitrogens with one attached hydrogen (secondary N) is 2. The van der Waals surface area contributed by atoms with Crippen LogP contribution in [0, 0.1) is 5.41 Å². The van der Waals surface area contributed by atoms with Gasteiger partial charge in [-0.1, -0.05) is 24.3 Å². The minimum atomic E-state index is -4.40. The third-order valence-electron chi connectivity index (χ3n) is 4.00. The van der Waals surface area contributed by atoms with Crippen molar-refractivity contribution in [2.75, 3.05) is 0 Å². The van der Waals surface area contributed by atoms with E-state index in [-0.39, 0.29) is 20.1 Å². The number of benzene rings is 1. The zero-order valence-electron chi connectivity index (χ0n) is 14.0. The van der Waals surface area contributed by atoms with Gasteiger partial charge < -0.3 is 16.5 Å². The number of nitrogens with two attached hydrogens (primary N) is 1. The number of carbonyl (C=O) groups excluding carboxylic acids is 1. The first-order chi connectivity index (χ1) is 12.7. The summed E-state index contributed by atoms with van der Waals surface area (Å²) in [6.45, 7) is 0. The quantitative estimate of drug-likeness (QED) is 0.697. The third kappa shape index (κ3) is 4.71. The van der Waals surface area contributed by atoms with E-state index < -0.39 is 17.6 Å². The van der Waals surface area contributed by atoms with Gasteiger partial charge in [-0.2, -0.15) is 13.2 Å². The Hall–Kier alpha value is -2.73. The molecule has 0 aliphatic carbocycles. The molecule has 1 aliphatic rings. The number of halogens is 3. The topological polar surface area (TPSA) is 91.9 Å². The Bertz CT molecular complexity index is 892. The highest BCUT2D eigenvalue weighted by Gasteiger charge is 2.30. The lowest BCUT2D eigenvalue weighted by Crippen LogP contribution is -2.31. The maximum absolute atomic E-state index is 12.6. The van der Waals surface area contributed by atoms with Gasteiger partial charge in [0.15, 0.2) is 0 Å². The summed E-state index contributed by atoms with van der Waals surface area (Å²) in [7, 11) is 0.155. The van der Waals surface area contributed by atoms with Gasteiger partial charge >= 0.3 is 6.18 Å². The van der Waals surface area contributed by atoms with Crippen molar-refractivity contribution in [1.29, 1.82) is 5.41 Å². The molecular weight excluding hydrogens is 376 g/mol. The van der Waals surface area contributed by atoms with E-state index in [1.165, 1.54) is 12.1 Å². The van der Waals surface area contributed by atoms with E-state index in [9.17, 15) is 18.0 Å². The highest BCUT2D eigenvalue weighted by Crippen LogP contribution is 2.37. The van der Waals surface area contributed by atoms with Crippen LogP contribution in [0.2, 0.25) is 0 Å². The van der Waals surface area contributed by atoms with Gasteiger partial charge in [-0.3, -0.25) is 9.78 Å². The van der Waals surface area contributed by atoms with Crippen molar-refractivity contribution in [3.63, 3.8) is 0 Å². The Balaban J connectivity index is 1.70. The summed E-state index contributed by atoms with van der Waals surface area (Å²) in [6.07, 6.45) is -1.73. The molecule has 5 nitrogen and oxygen atoms in total. The minimum absolute atomic E-state index is 0.155. The average Bonchev–Trinajstić information content (AvgIpc) is 2.61. The van der Waals surface area contributed by atoms with E-state index in [4.69, 9.17) is 11.1 Å². The summed E-state index contributed by atoms with van der Waals surface area (Å²) >= 11 is 0. The monoisotopic (exact) mass is 392 g/mol. The second-order valence-corrected chi connectivity index (χ2v) is 7.42. The van der Waals surface area contributed by atoms with Crippen molar-refractivity contribution in [2.24, 2.45) is 5.73 Å². The van der Waals surface area contributed by atoms with Crippen LogP contribution in [0.25, 0.3) is 0 Å². The van der Waals surface area contributed by atoms with Gasteiger partial charge in [-0.25, -0.2) is 0 Å². The molecule has 0 saturated carbocycles. The van der Waals surface area contributed by atoms with E-state index in [2.05, 4.69) is 10.3 Å². The molecule has 0 spiro atoms.